The Labute approximate surface area is 237 Å². The van der Waals surface area contributed by atoms with Gasteiger partial charge in [0.05, 0.1) is 13.2 Å². The van der Waals surface area contributed by atoms with Crippen molar-refractivity contribution in [2.24, 2.45) is 0 Å². The number of likely N-dealkylation sites (N-methyl/N-ethyl adjacent to an activating group) is 1. The molecule has 29 heavy (non-hydrogen) atoms. The molecule has 1 unspecified atom stereocenters. The number of rotatable bonds is 3. The molecule has 1 aliphatic rings. The third-order valence-electron chi connectivity index (χ3n) is 2.68. The SMILES string of the molecule is C.C.CC.CC.CN1CC(CO)OC1=O.CNC(=O)OCc1ccccc1.[Ar].[Ar]. The van der Waals surface area contributed by atoms with Crippen molar-refractivity contribution in [3.05, 3.63) is 35.9 Å². The minimum absolute atomic E-state index is 0. The van der Waals surface area contributed by atoms with Crippen molar-refractivity contribution >= 4 is 12.2 Å². The molecule has 1 aliphatic heterocycles. The van der Waals surface area contributed by atoms with Gasteiger partial charge in [0.25, 0.3) is 0 Å². The zero-order valence-corrected chi connectivity index (χ0v) is 18.2. The van der Waals surface area contributed by atoms with Crippen LogP contribution in [0.5, 0.6) is 0 Å². The van der Waals surface area contributed by atoms with Crippen molar-refractivity contribution in [1.82, 2.24) is 10.2 Å². The first-order valence-electron chi connectivity index (χ1n) is 8.47. The number of hydrogen-bond donors (Lipinski definition) is 2. The van der Waals surface area contributed by atoms with Gasteiger partial charge in [0, 0.05) is 89.6 Å². The number of aliphatic hydroxyl groups excluding tert-OH is 1. The van der Waals surface area contributed by atoms with Crippen molar-refractivity contribution in [3.63, 3.8) is 0 Å². The predicted octanol–water partition coefficient (Wildman–Crippen LogP) is 4.30. The predicted molar refractivity (Wildman–Crippen MR) is 112 cm³/mol. The summed E-state index contributed by atoms with van der Waals surface area (Å²) in [6.45, 7) is 8.73. The van der Waals surface area contributed by atoms with Gasteiger partial charge in [-0.05, 0) is 5.56 Å². The van der Waals surface area contributed by atoms with Gasteiger partial charge < -0.3 is 24.8 Å². The van der Waals surface area contributed by atoms with E-state index in [1.54, 1.807) is 7.05 Å². The molecule has 2 N–H and O–H groups in total. The standard InChI is InChI=1S/C9H11NO2.C5H9NO3.2C2H6.2CH4.2Ar/c1-10-9(11)12-7-8-5-3-2-4-6-8;1-6-2-4(3-7)9-5(6)8;2*1-2;;;;/h2-6H,7H2,1H3,(H,10,11);4,7H,2-3H2,1H3;2*1-2H3;2*1H4;;. The molecule has 0 bridgehead atoms. The average molecular weight is 468 g/mol. The Morgan fingerprint density at radius 2 is 1.66 bits per heavy atom. The van der Waals surface area contributed by atoms with Crippen molar-refractivity contribution in [1.29, 1.82) is 0 Å². The van der Waals surface area contributed by atoms with E-state index in [0.29, 0.717) is 13.2 Å². The van der Waals surface area contributed by atoms with Gasteiger partial charge in [-0.25, -0.2) is 9.59 Å². The number of carbonyl (C=O) groups excluding carboxylic acids is 2. The van der Waals surface area contributed by atoms with Gasteiger partial charge in [-0.2, -0.15) is 0 Å². The summed E-state index contributed by atoms with van der Waals surface area (Å²) in [5.74, 6) is 0. The molecule has 0 radical (unpaired) electrons. The summed E-state index contributed by atoms with van der Waals surface area (Å²) in [6, 6.07) is 9.54. The molecule has 0 aromatic heterocycles. The van der Waals surface area contributed by atoms with E-state index in [4.69, 9.17) is 9.84 Å². The number of aliphatic hydroxyl groups is 1. The zero-order chi connectivity index (χ0) is 19.7. The van der Waals surface area contributed by atoms with E-state index in [-0.39, 0.29) is 109 Å². The second-order valence-electron chi connectivity index (χ2n) is 4.38. The Bertz CT molecular complexity index is 465. The fraction of sp³-hybridized carbons (Fsp3) is 0.600. The summed E-state index contributed by atoms with van der Waals surface area (Å²) in [5, 5.41) is 10.9. The summed E-state index contributed by atoms with van der Waals surface area (Å²) in [7, 11) is 3.17. The second kappa shape index (κ2) is 30.4. The van der Waals surface area contributed by atoms with Crippen molar-refractivity contribution in [2.45, 2.75) is 55.3 Å². The molecule has 1 atom stereocenters. The molecule has 176 valence electrons. The zero-order valence-electron chi connectivity index (χ0n) is 16.8. The maximum absolute atomic E-state index is 10.7. The Hall–Kier alpha value is 0.239. The molecule has 0 aliphatic carbocycles. The molecule has 0 spiro atoms. The molecule has 9 heteroatoms. The van der Waals surface area contributed by atoms with E-state index in [2.05, 4.69) is 10.1 Å². The van der Waals surface area contributed by atoms with Gasteiger partial charge in [-0.15, -0.1) is 0 Å². The Morgan fingerprint density at radius 3 is 1.97 bits per heavy atom. The van der Waals surface area contributed by atoms with E-state index >= 15 is 0 Å². The monoisotopic (exact) mass is 468 g/mol. The molecule has 1 aromatic carbocycles. The van der Waals surface area contributed by atoms with Crippen LogP contribution in [0.15, 0.2) is 30.3 Å². The van der Waals surface area contributed by atoms with Crippen LogP contribution in [0.3, 0.4) is 0 Å². The number of nitrogens with one attached hydrogen (secondary N) is 1. The van der Waals surface area contributed by atoms with E-state index < -0.39 is 6.09 Å². The van der Waals surface area contributed by atoms with Gasteiger partial charge >= 0.3 is 12.2 Å². The minimum atomic E-state index is -0.404. The number of amides is 2. The number of hydrogen-bond acceptors (Lipinski definition) is 5. The van der Waals surface area contributed by atoms with Crippen molar-refractivity contribution < 1.29 is 99.6 Å². The van der Waals surface area contributed by atoms with Gasteiger partial charge in [0.15, 0.2) is 0 Å². The normalized spacial score (nSPS) is 12.4. The molecule has 1 saturated heterocycles. The smallest absolute Gasteiger partial charge is 0.410 e. The molecule has 1 fully saturated rings. The molecule has 0 saturated carbocycles. The number of carbonyl (C=O) groups is 2. The molecule has 1 aromatic rings. The van der Waals surface area contributed by atoms with Crippen LogP contribution < -0.4 is 5.32 Å². The van der Waals surface area contributed by atoms with Crippen LogP contribution >= 0.6 is 0 Å². The quantitative estimate of drug-likeness (QED) is 0.691. The van der Waals surface area contributed by atoms with Gasteiger partial charge in [-0.1, -0.05) is 72.9 Å². The van der Waals surface area contributed by atoms with Gasteiger partial charge in [0.2, 0.25) is 0 Å². The Morgan fingerprint density at radius 1 is 1.17 bits per heavy atom. The van der Waals surface area contributed by atoms with E-state index in [0.717, 1.165) is 5.56 Å². The van der Waals surface area contributed by atoms with Crippen LogP contribution in [0, 0.1) is 75.5 Å². The molecule has 2 rings (SSSR count). The number of ether oxygens (including phenoxy) is 2. The van der Waals surface area contributed by atoms with Crippen LogP contribution in [0.25, 0.3) is 0 Å². The van der Waals surface area contributed by atoms with Crippen LogP contribution in [-0.2, 0) is 16.1 Å². The fourth-order valence-corrected chi connectivity index (χ4v) is 1.54. The van der Waals surface area contributed by atoms with Crippen LogP contribution in [0.1, 0.15) is 48.1 Å². The fourth-order valence-electron chi connectivity index (χ4n) is 1.54. The largest absolute Gasteiger partial charge is 0.445 e. The summed E-state index contributed by atoms with van der Waals surface area (Å²) in [5.41, 5.74) is 0.987. The molecule has 2 amide bonds. The molecular weight excluding hydrogens is 428 g/mol. The molecule has 1 heterocycles. The van der Waals surface area contributed by atoms with E-state index in [9.17, 15) is 9.59 Å². The number of alkyl carbamates (subject to hydrolysis) is 1. The van der Waals surface area contributed by atoms with Crippen LogP contribution in [-0.4, -0.2) is 55.5 Å². The van der Waals surface area contributed by atoms with Crippen molar-refractivity contribution in [2.75, 3.05) is 27.2 Å². The first-order valence-corrected chi connectivity index (χ1v) is 8.47. The summed E-state index contributed by atoms with van der Waals surface area (Å²) in [4.78, 5) is 22.6. The van der Waals surface area contributed by atoms with E-state index in [1.165, 1.54) is 11.9 Å². The average Bonchev–Trinajstić information content (AvgIpc) is 3.02. The number of nitrogens with zero attached hydrogens (tertiary/aromatic N) is 1. The third kappa shape index (κ3) is 22.7. The summed E-state index contributed by atoms with van der Waals surface area (Å²) in [6.07, 6.45) is -1.07. The third-order valence-corrected chi connectivity index (χ3v) is 2.68. The number of cyclic esters (lactones) is 1. The molecular formula is C20H40Ar2N2O5. The summed E-state index contributed by atoms with van der Waals surface area (Å²) >= 11 is 0. The molecule has 7 nitrogen and oxygen atoms in total. The van der Waals surface area contributed by atoms with Gasteiger partial charge in [-0.3, -0.25) is 0 Å². The first kappa shape index (κ1) is 43.2. The first-order chi connectivity index (χ1) is 12.1. The maximum Gasteiger partial charge on any atom is 0.410 e. The Balaban J connectivity index is -0.0000000707. The van der Waals surface area contributed by atoms with Crippen LogP contribution in [0.4, 0.5) is 9.59 Å². The number of benzene rings is 1. The van der Waals surface area contributed by atoms with Crippen molar-refractivity contribution in [3.8, 4) is 0 Å². The van der Waals surface area contributed by atoms with E-state index in [1.807, 2.05) is 58.0 Å². The summed E-state index contributed by atoms with van der Waals surface area (Å²) < 4.78 is 9.49. The Kier molecular flexibility index (Phi) is 45.3. The topological polar surface area (TPSA) is 88.1 Å². The maximum atomic E-state index is 10.7. The van der Waals surface area contributed by atoms with Crippen LogP contribution in [0.2, 0.25) is 0 Å². The minimum Gasteiger partial charge on any atom is -0.445 e. The van der Waals surface area contributed by atoms with Gasteiger partial charge in [0.1, 0.15) is 12.7 Å². The second-order valence-corrected chi connectivity index (χ2v) is 4.38.